The summed E-state index contributed by atoms with van der Waals surface area (Å²) >= 11 is 18.3. The second-order valence-corrected chi connectivity index (χ2v) is 11.8. The Kier molecular flexibility index (Phi) is 10.7. The van der Waals surface area contributed by atoms with Gasteiger partial charge in [-0.25, -0.2) is 8.42 Å². The van der Waals surface area contributed by atoms with Gasteiger partial charge in [-0.15, -0.1) is 0 Å². The van der Waals surface area contributed by atoms with Crippen molar-refractivity contribution in [2.45, 2.75) is 33.2 Å². The molecule has 0 radical (unpaired) electrons. The maximum Gasteiger partial charge on any atom is 0.244 e. The number of hydrogen-bond donors (Lipinski definition) is 1. The number of nitrogens with zero attached hydrogens (tertiary/aromatic N) is 2. The summed E-state index contributed by atoms with van der Waals surface area (Å²) in [6, 6.07) is 11.3. The summed E-state index contributed by atoms with van der Waals surface area (Å²) < 4.78 is 26.1. The molecular weight excluding hydrogens is 533 g/mol. The van der Waals surface area contributed by atoms with Gasteiger partial charge in [-0.3, -0.25) is 13.9 Å². The van der Waals surface area contributed by atoms with E-state index in [1.54, 1.807) is 6.92 Å². The molecule has 11 heteroatoms. The second-order valence-electron chi connectivity index (χ2n) is 8.63. The van der Waals surface area contributed by atoms with E-state index in [-0.39, 0.29) is 39.1 Å². The van der Waals surface area contributed by atoms with Gasteiger partial charge >= 0.3 is 0 Å². The van der Waals surface area contributed by atoms with Crippen molar-refractivity contribution in [3.8, 4) is 0 Å². The van der Waals surface area contributed by atoms with Crippen LogP contribution in [-0.4, -0.2) is 57.1 Å². The van der Waals surface area contributed by atoms with Gasteiger partial charge < -0.3 is 10.2 Å². The third-order valence-electron chi connectivity index (χ3n) is 5.27. The minimum Gasteiger partial charge on any atom is -0.354 e. The molecule has 0 spiro atoms. The van der Waals surface area contributed by atoms with E-state index < -0.39 is 28.5 Å². The van der Waals surface area contributed by atoms with Gasteiger partial charge in [-0.05, 0) is 37.0 Å². The fraction of sp³-hybridized carbons (Fsp3) is 0.417. The fourth-order valence-corrected chi connectivity index (χ4v) is 4.87. The van der Waals surface area contributed by atoms with E-state index >= 15 is 0 Å². The van der Waals surface area contributed by atoms with Crippen LogP contribution in [0.3, 0.4) is 0 Å². The summed E-state index contributed by atoms with van der Waals surface area (Å²) in [6.07, 6.45) is 1.45. The van der Waals surface area contributed by atoms with Crippen LogP contribution in [0.2, 0.25) is 15.1 Å². The molecule has 0 heterocycles. The Bertz CT molecular complexity index is 1140. The van der Waals surface area contributed by atoms with E-state index in [1.807, 2.05) is 44.2 Å². The highest BCUT2D eigenvalue weighted by atomic mass is 35.5. The molecule has 2 amide bonds. The third-order valence-corrected chi connectivity index (χ3v) is 7.43. The zero-order valence-electron chi connectivity index (χ0n) is 20.1. The fourth-order valence-electron chi connectivity index (χ4n) is 3.32. The van der Waals surface area contributed by atoms with Crippen molar-refractivity contribution in [3.05, 3.63) is 63.1 Å². The molecular formula is C24H30Cl3N3O4S. The molecule has 0 bridgehead atoms. The predicted molar refractivity (Wildman–Crippen MR) is 143 cm³/mol. The summed E-state index contributed by atoms with van der Waals surface area (Å²) in [6.45, 7) is 5.66. The zero-order chi connectivity index (χ0) is 26.3. The molecule has 0 fully saturated rings. The molecule has 2 rings (SSSR count). The summed E-state index contributed by atoms with van der Waals surface area (Å²) in [7, 11) is -3.93. The molecule has 1 N–H and O–H groups in total. The first-order valence-corrected chi connectivity index (χ1v) is 14.0. The molecule has 0 aromatic heterocycles. The van der Waals surface area contributed by atoms with Crippen molar-refractivity contribution in [1.82, 2.24) is 10.2 Å². The molecule has 0 unspecified atom stereocenters. The Morgan fingerprint density at radius 2 is 1.57 bits per heavy atom. The largest absolute Gasteiger partial charge is 0.354 e. The SMILES string of the molecule is CC(C)CNC(=O)[C@@H](C)N(CCc1ccccc1)C(=O)CN(c1cc(Cl)c(Cl)cc1Cl)S(C)(=O)=O. The van der Waals surface area contributed by atoms with E-state index in [9.17, 15) is 18.0 Å². The van der Waals surface area contributed by atoms with Gasteiger partial charge in [0.1, 0.15) is 12.6 Å². The quantitative estimate of drug-likeness (QED) is 0.404. The lowest BCUT2D eigenvalue weighted by Crippen LogP contribution is -2.52. The van der Waals surface area contributed by atoms with Crippen molar-refractivity contribution in [2.24, 2.45) is 5.92 Å². The minimum atomic E-state index is -3.93. The number of carbonyl (C=O) groups is 2. The van der Waals surface area contributed by atoms with E-state index in [0.717, 1.165) is 16.1 Å². The Labute approximate surface area is 222 Å². The van der Waals surface area contributed by atoms with Gasteiger partial charge in [0, 0.05) is 13.1 Å². The van der Waals surface area contributed by atoms with Crippen LogP contribution in [0.25, 0.3) is 0 Å². The second kappa shape index (κ2) is 12.8. The number of carbonyl (C=O) groups excluding carboxylic acids is 2. The van der Waals surface area contributed by atoms with Gasteiger partial charge in [-0.1, -0.05) is 79.0 Å². The highest BCUT2D eigenvalue weighted by Gasteiger charge is 2.31. The highest BCUT2D eigenvalue weighted by Crippen LogP contribution is 2.35. The highest BCUT2D eigenvalue weighted by molar-refractivity contribution is 7.92. The average Bonchev–Trinajstić information content (AvgIpc) is 2.78. The van der Waals surface area contributed by atoms with Crippen LogP contribution in [0, 0.1) is 5.92 Å². The van der Waals surface area contributed by atoms with Gasteiger partial charge in [0.2, 0.25) is 21.8 Å². The number of benzene rings is 2. The number of nitrogens with one attached hydrogen (secondary N) is 1. The number of halogens is 3. The smallest absolute Gasteiger partial charge is 0.244 e. The number of hydrogen-bond acceptors (Lipinski definition) is 4. The van der Waals surface area contributed by atoms with Gasteiger partial charge in [-0.2, -0.15) is 0 Å². The number of sulfonamides is 1. The molecule has 7 nitrogen and oxygen atoms in total. The third kappa shape index (κ3) is 8.56. The van der Waals surface area contributed by atoms with Crippen molar-refractivity contribution in [3.63, 3.8) is 0 Å². The average molecular weight is 563 g/mol. The Hall–Kier alpha value is -2.00. The maximum absolute atomic E-state index is 13.5. The minimum absolute atomic E-state index is 0.0242. The Balaban J connectivity index is 2.36. The van der Waals surface area contributed by atoms with Crippen molar-refractivity contribution >= 4 is 62.3 Å². The number of anilines is 1. The van der Waals surface area contributed by atoms with Crippen LogP contribution in [0.15, 0.2) is 42.5 Å². The van der Waals surface area contributed by atoms with Crippen LogP contribution < -0.4 is 9.62 Å². The molecule has 2 aromatic rings. The summed E-state index contributed by atoms with van der Waals surface area (Å²) in [5.74, 6) is -0.642. The molecule has 192 valence electrons. The first-order chi connectivity index (χ1) is 16.3. The topological polar surface area (TPSA) is 86.8 Å². The molecule has 0 aliphatic rings. The summed E-state index contributed by atoms with van der Waals surface area (Å²) in [5, 5.41) is 3.10. The lowest BCUT2D eigenvalue weighted by molar-refractivity contribution is -0.138. The molecule has 0 saturated carbocycles. The van der Waals surface area contributed by atoms with Crippen molar-refractivity contribution in [2.75, 3.05) is 30.2 Å². The normalized spacial score (nSPS) is 12.3. The van der Waals surface area contributed by atoms with Crippen LogP contribution in [0.5, 0.6) is 0 Å². The Morgan fingerprint density at radius 1 is 0.971 bits per heavy atom. The number of rotatable bonds is 11. The molecule has 0 saturated heterocycles. The van der Waals surface area contributed by atoms with Crippen LogP contribution in [-0.2, 0) is 26.0 Å². The first-order valence-electron chi connectivity index (χ1n) is 11.0. The van der Waals surface area contributed by atoms with E-state index in [2.05, 4.69) is 5.32 Å². The zero-order valence-corrected chi connectivity index (χ0v) is 23.2. The van der Waals surface area contributed by atoms with Crippen LogP contribution in [0.1, 0.15) is 26.3 Å². The van der Waals surface area contributed by atoms with Gasteiger partial charge in [0.25, 0.3) is 0 Å². The molecule has 0 aliphatic carbocycles. The molecule has 35 heavy (non-hydrogen) atoms. The van der Waals surface area contributed by atoms with Gasteiger partial charge in [0.15, 0.2) is 0 Å². The maximum atomic E-state index is 13.5. The molecule has 0 aliphatic heterocycles. The van der Waals surface area contributed by atoms with E-state index in [4.69, 9.17) is 34.8 Å². The summed E-state index contributed by atoms with van der Waals surface area (Å²) in [4.78, 5) is 27.7. The Morgan fingerprint density at radius 3 is 2.14 bits per heavy atom. The first kappa shape index (κ1) is 29.2. The molecule has 2 aromatic carbocycles. The standard InChI is InChI=1S/C24H30Cl3N3O4S/c1-16(2)14-28-24(32)17(3)29(11-10-18-8-6-5-7-9-18)23(31)15-30(35(4,33)34)22-13-20(26)19(25)12-21(22)27/h5-9,12-13,16-17H,10-11,14-15H2,1-4H3,(H,28,32)/t17-/m1/s1. The monoisotopic (exact) mass is 561 g/mol. The van der Waals surface area contributed by atoms with Crippen LogP contribution in [0.4, 0.5) is 5.69 Å². The molecule has 1 atom stereocenters. The van der Waals surface area contributed by atoms with E-state index in [0.29, 0.717) is 13.0 Å². The number of amides is 2. The predicted octanol–water partition coefficient (Wildman–Crippen LogP) is 4.64. The lowest BCUT2D eigenvalue weighted by Gasteiger charge is -2.32. The summed E-state index contributed by atoms with van der Waals surface area (Å²) in [5.41, 5.74) is 1.00. The van der Waals surface area contributed by atoms with Crippen molar-refractivity contribution < 1.29 is 18.0 Å². The van der Waals surface area contributed by atoms with Gasteiger partial charge in [0.05, 0.1) is 27.0 Å². The van der Waals surface area contributed by atoms with Crippen molar-refractivity contribution in [1.29, 1.82) is 0 Å². The van der Waals surface area contributed by atoms with Crippen LogP contribution >= 0.6 is 34.8 Å². The van der Waals surface area contributed by atoms with E-state index in [1.165, 1.54) is 17.0 Å². The lowest BCUT2D eigenvalue weighted by atomic mass is 10.1.